The SMILES string of the molecule is Cc1cc(Sc2ccc(C)c(C)c2)nc(Cl)n1. The van der Waals surface area contributed by atoms with Gasteiger partial charge in [-0.25, -0.2) is 9.97 Å². The van der Waals surface area contributed by atoms with Crippen molar-refractivity contribution >= 4 is 23.4 Å². The summed E-state index contributed by atoms with van der Waals surface area (Å²) < 4.78 is 0. The van der Waals surface area contributed by atoms with Gasteiger partial charge >= 0.3 is 0 Å². The fourth-order valence-electron chi connectivity index (χ4n) is 1.46. The largest absolute Gasteiger partial charge is 0.223 e. The maximum absolute atomic E-state index is 5.84. The molecule has 0 aliphatic carbocycles. The number of nitrogens with zero attached hydrogens (tertiary/aromatic N) is 2. The summed E-state index contributed by atoms with van der Waals surface area (Å²) in [5.74, 6) is 0. The van der Waals surface area contributed by atoms with Crippen LogP contribution in [0.15, 0.2) is 34.2 Å². The molecule has 88 valence electrons. The Balaban J connectivity index is 2.28. The van der Waals surface area contributed by atoms with Crippen molar-refractivity contribution in [2.75, 3.05) is 0 Å². The molecular weight excluding hydrogens is 252 g/mol. The van der Waals surface area contributed by atoms with Crippen LogP contribution in [0.25, 0.3) is 0 Å². The fourth-order valence-corrected chi connectivity index (χ4v) is 2.70. The predicted molar refractivity (Wildman–Crippen MR) is 71.8 cm³/mol. The lowest BCUT2D eigenvalue weighted by Crippen LogP contribution is -1.89. The Morgan fingerprint density at radius 1 is 1.00 bits per heavy atom. The molecule has 0 aliphatic rings. The van der Waals surface area contributed by atoms with E-state index < -0.39 is 0 Å². The monoisotopic (exact) mass is 264 g/mol. The van der Waals surface area contributed by atoms with Gasteiger partial charge in [-0.2, -0.15) is 0 Å². The Kier molecular flexibility index (Phi) is 3.69. The van der Waals surface area contributed by atoms with Crippen LogP contribution >= 0.6 is 23.4 Å². The van der Waals surface area contributed by atoms with Gasteiger partial charge in [-0.15, -0.1) is 0 Å². The van der Waals surface area contributed by atoms with Gasteiger partial charge in [0.05, 0.1) is 0 Å². The molecule has 1 aromatic carbocycles. The molecule has 0 unspecified atom stereocenters. The smallest absolute Gasteiger partial charge is 0.223 e. The van der Waals surface area contributed by atoms with Crippen LogP contribution in [0, 0.1) is 20.8 Å². The Labute approximate surface area is 110 Å². The van der Waals surface area contributed by atoms with E-state index in [1.54, 1.807) is 11.8 Å². The van der Waals surface area contributed by atoms with E-state index in [-0.39, 0.29) is 0 Å². The van der Waals surface area contributed by atoms with Gasteiger partial charge in [-0.3, -0.25) is 0 Å². The van der Waals surface area contributed by atoms with Gasteiger partial charge in [0, 0.05) is 10.6 Å². The maximum atomic E-state index is 5.84. The van der Waals surface area contributed by atoms with Gasteiger partial charge in [-0.05, 0) is 61.7 Å². The molecule has 17 heavy (non-hydrogen) atoms. The van der Waals surface area contributed by atoms with Crippen molar-refractivity contribution in [1.29, 1.82) is 0 Å². The van der Waals surface area contributed by atoms with Crippen LogP contribution in [0.2, 0.25) is 5.28 Å². The summed E-state index contributed by atoms with van der Waals surface area (Å²) in [6.45, 7) is 6.13. The second-order valence-corrected chi connectivity index (χ2v) is 5.40. The quantitative estimate of drug-likeness (QED) is 0.600. The molecule has 0 saturated heterocycles. The highest BCUT2D eigenvalue weighted by atomic mass is 35.5. The highest BCUT2D eigenvalue weighted by Gasteiger charge is 2.03. The lowest BCUT2D eigenvalue weighted by atomic mass is 10.1. The lowest BCUT2D eigenvalue weighted by Gasteiger charge is -2.05. The second-order valence-electron chi connectivity index (χ2n) is 3.96. The Morgan fingerprint density at radius 2 is 1.76 bits per heavy atom. The van der Waals surface area contributed by atoms with E-state index >= 15 is 0 Å². The van der Waals surface area contributed by atoms with Crippen molar-refractivity contribution < 1.29 is 0 Å². The van der Waals surface area contributed by atoms with Crippen LogP contribution < -0.4 is 0 Å². The highest BCUT2D eigenvalue weighted by Crippen LogP contribution is 2.28. The van der Waals surface area contributed by atoms with Crippen LogP contribution in [-0.2, 0) is 0 Å². The van der Waals surface area contributed by atoms with E-state index in [1.807, 2.05) is 13.0 Å². The van der Waals surface area contributed by atoms with Crippen molar-refractivity contribution in [3.63, 3.8) is 0 Å². The Morgan fingerprint density at radius 3 is 2.41 bits per heavy atom. The first kappa shape index (κ1) is 12.4. The van der Waals surface area contributed by atoms with Gasteiger partial charge in [0.25, 0.3) is 0 Å². The fraction of sp³-hybridized carbons (Fsp3) is 0.231. The first-order valence-corrected chi connectivity index (χ1v) is 6.50. The Hall–Kier alpha value is -1.06. The summed E-state index contributed by atoms with van der Waals surface area (Å²) in [6, 6.07) is 8.31. The zero-order valence-corrected chi connectivity index (χ0v) is 11.6. The molecular formula is C13H13ClN2S. The molecule has 1 aromatic heterocycles. The number of benzene rings is 1. The van der Waals surface area contributed by atoms with Crippen LogP contribution in [0.5, 0.6) is 0 Å². The second kappa shape index (κ2) is 5.07. The molecule has 0 amide bonds. The van der Waals surface area contributed by atoms with Crippen LogP contribution in [0.3, 0.4) is 0 Å². The first-order valence-electron chi connectivity index (χ1n) is 5.31. The Bertz CT molecular complexity index is 535. The third kappa shape index (κ3) is 3.20. The summed E-state index contributed by atoms with van der Waals surface area (Å²) in [5.41, 5.74) is 3.47. The minimum absolute atomic E-state index is 0.302. The third-order valence-corrected chi connectivity index (χ3v) is 3.58. The van der Waals surface area contributed by atoms with Gasteiger partial charge in [0.2, 0.25) is 5.28 Å². The van der Waals surface area contributed by atoms with Crippen molar-refractivity contribution in [2.24, 2.45) is 0 Å². The topological polar surface area (TPSA) is 25.8 Å². The molecule has 2 nitrogen and oxygen atoms in total. The minimum Gasteiger partial charge on any atom is -0.223 e. The summed E-state index contributed by atoms with van der Waals surface area (Å²) in [6.07, 6.45) is 0. The lowest BCUT2D eigenvalue weighted by molar-refractivity contribution is 1.01. The first-order chi connectivity index (χ1) is 8.04. The maximum Gasteiger partial charge on any atom is 0.223 e. The zero-order valence-electron chi connectivity index (χ0n) is 9.99. The van der Waals surface area contributed by atoms with E-state index in [0.29, 0.717) is 5.28 Å². The summed E-state index contributed by atoms with van der Waals surface area (Å²) >= 11 is 7.44. The molecule has 0 saturated carbocycles. The number of aromatic nitrogens is 2. The van der Waals surface area contributed by atoms with Crippen LogP contribution in [0.1, 0.15) is 16.8 Å². The number of rotatable bonds is 2. The zero-order chi connectivity index (χ0) is 12.4. The van der Waals surface area contributed by atoms with Gasteiger partial charge in [0.15, 0.2) is 0 Å². The number of aryl methyl sites for hydroxylation is 3. The van der Waals surface area contributed by atoms with Gasteiger partial charge in [-0.1, -0.05) is 17.8 Å². The van der Waals surface area contributed by atoms with Crippen molar-refractivity contribution in [1.82, 2.24) is 9.97 Å². The number of hydrogen-bond donors (Lipinski definition) is 0. The highest BCUT2D eigenvalue weighted by molar-refractivity contribution is 7.99. The van der Waals surface area contributed by atoms with E-state index in [0.717, 1.165) is 10.7 Å². The van der Waals surface area contributed by atoms with Crippen LogP contribution in [-0.4, -0.2) is 9.97 Å². The molecule has 0 bridgehead atoms. The summed E-state index contributed by atoms with van der Waals surface area (Å²) in [5, 5.41) is 1.18. The normalized spacial score (nSPS) is 10.6. The summed E-state index contributed by atoms with van der Waals surface area (Å²) in [4.78, 5) is 9.42. The molecule has 0 spiro atoms. The molecule has 2 rings (SSSR count). The van der Waals surface area contributed by atoms with E-state index in [9.17, 15) is 0 Å². The van der Waals surface area contributed by atoms with E-state index in [4.69, 9.17) is 11.6 Å². The molecule has 0 atom stereocenters. The molecule has 2 aromatic rings. The van der Waals surface area contributed by atoms with Crippen molar-refractivity contribution in [3.05, 3.63) is 46.4 Å². The predicted octanol–water partition coefficient (Wildman–Crippen LogP) is 4.21. The third-order valence-electron chi connectivity index (χ3n) is 2.50. The molecule has 0 fully saturated rings. The van der Waals surface area contributed by atoms with E-state index in [1.165, 1.54) is 16.0 Å². The van der Waals surface area contributed by atoms with Gasteiger partial charge in [0.1, 0.15) is 5.03 Å². The van der Waals surface area contributed by atoms with E-state index in [2.05, 4.69) is 42.0 Å². The molecule has 1 heterocycles. The molecule has 0 aliphatic heterocycles. The molecule has 0 radical (unpaired) electrons. The molecule has 0 N–H and O–H groups in total. The number of halogens is 1. The average molecular weight is 265 g/mol. The molecule has 4 heteroatoms. The summed E-state index contributed by atoms with van der Waals surface area (Å²) in [7, 11) is 0. The van der Waals surface area contributed by atoms with Gasteiger partial charge < -0.3 is 0 Å². The van der Waals surface area contributed by atoms with Crippen LogP contribution in [0.4, 0.5) is 0 Å². The standard InChI is InChI=1S/C13H13ClN2S/c1-8-4-5-11(6-9(8)2)17-12-7-10(3)15-13(14)16-12/h4-7H,1-3H3. The minimum atomic E-state index is 0.302. The average Bonchev–Trinajstić information content (AvgIpc) is 2.22. The van der Waals surface area contributed by atoms with Crippen molar-refractivity contribution in [3.8, 4) is 0 Å². The van der Waals surface area contributed by atoms with Crippen molar-refractivity contribution in [2.45, 2.75) is 30.7 Å². The number of hydrogen-bond acceptors (Lipinski definition) is 3.